The van der Waals surface area contributed by atoms with Gasteiger partial charge in [-0.15, -0.1) is 11.3 Å². The van der Waals surface area contributed by atoms with Crippen LogP contribution >= 0.6 is 11.3 Å². The molecule has 0 spiro atoms. The van der Waals surface area contributed by atoms with Gasteiger partial charge in [0.15, 0.2) is 0 Å². The number of hydrogen-bond acceptors (Lipinski definition) is 7. The van der Waals surface area contributed by atoms with E-state index in [0.717, 1.165) is 43.6 Å². The van der Waals surface area contributed by atoms with Crippen LogP contribution in [0.4, 0.5) is 10.5 Å². The molecule has 5 N–H and O–H groups in total. The van der Waals surface area contributed by atoms with Gasteiger partial charge in [-0.2, -0.15) is 5.10 Å². The van der Waals surface area contributed by atoms with E-state index >= 15 is 0 Å². The summed E-state index contributed by atoms with van der Waals surface area (Å²) in [5, 5.41) is 12.5. The summed E-state index contributed by atoms with van der Waals surface area (Å²) in [6, 6.07) is 0.954. The predicted octanol–water partition coefficient (Wildman–Crippen LogP) is 1.66. The zero-order valence-electron chi connectivity index (χ0n) is 20.7. The minimum Gasteiger partial charge on any atom is -0.351 e. The first-order chi connectivity index (χ1) is 17.8. The molecule has 2 fully saturated rings. The molecule has 2 saturated heterocycles. The second-order valence-electron chi connectivity index (χ2n) is 9.25. The summed E-state index contributed by atoms with van der Waals surface area (Å²) >= 11 is 1.07. The van der Waals surface area contributed by atoms with Gasteiger partial charge in [-0.05, 0) is 38.3 Å². The maximum absolute atomic E-state index is 12.9. The lowest BCUT2D eigenvalue weighted by Gasteiger charge is -2.31. The van der Waals surface area contributed by atoms with Gasteiger partial charge >= 0.3 is 6.03 Å². The first-order valence-corrected chi connectivity index (χ1v) is 13.2. The van der Waals surface area contributed by atoms with E-state index in [2.05, 4.69) is 32.9 Å². The molecule has 2 aromatic rings. The molecule has 12 heteroatoms. The number of carbonyl (C=O) groups is 4. The van der Waals surface area contributed by atoms with Gasteiger partial charge in [-0.3, -0.25) is 24.4 Å². The molecule has 0 aromatic carbocycles. The highest BCUT2D eigenvalue weighted by Crippen LogP contribution is 2.27. The molecule has 0 aliphatic carbocycles. The van der Waals surface area contributed by atoms with E-state index in [1.165, 1.54) is 0 Å². The fourth-order valence-electron chi connectivity index (χ4n) is 4.54. The van der Waals surface area contributed by atoms with Crippen molar-refractivity contribution in [3.63, 3.8) is 0 Å². The first-order valence-electron chi connectivity index (χ1n) is 12.4. The highest BCUT2D eigenvalue weighted by molar-refractivity contribution is 7.15. The molecule has 5 amide bonds. The third-order valence-electron chi connectivity index (χ3n) is 6.57. The summed E-state index contributed by atoms with van der Waals surface area (Å²) in [5.74, 6) is 4.91. The molecule has 4 heterocycles. The third-order valence-corrected chi connectivity index (χ3v) is 7.62. The van der Waals surface area contributed by atoms with Crippen molar-refractivity contribution in [2.45, 2.75) is 45.1 Å². The summed E-state index contributed by atoms with van der Waals surface area (Å²) in [7, 11) is 0. The van der Waals surface area contributed by atoms with E-state index in [9.17, 15) is 19.2 Å². The molecule has 2 aliphatic heterocycles. The van der Waals surface area contributed by atoms with Gasteiger partial charge in [0.25, 0.3) is 5.91 Å². The number of piperidine rings is 1. The van der Waals surface area contributed by atoms with Gasteiger partial charge in [0.05, 0.1) is 34.3 Å². The van der Waals surface area contributed by atoms with E-state index in [1.54, 1.807) is 19.2 Å². The van der Waals surface area contributed by atoms with Crippen LogP contribution in [0.1, 0.15) is 65.2 Å². The number of imide groups is 1. The van der Waals surface area contributed by atoms with Crippen molar-refractivity contribution in [2.75, 3.05) is 31.5 Å². The number of carbonyl (C=O) groups excluding carboxylic acids is 4. The molecule has 11 nitrogen and oxygen atoms in total. The van der Waals surface area contributed by atoms with Crippen LogP contribution in [0.5, 0.6) is 0 Å². The number of nitrogens with zero attached hydrogens (tertiary/aromatic N) is 3. The van der Waals surface area contributed by atoms with Gasteiger partial charge < -0.3 is 21.3 Å². The monoisotopic (exact) mass is 525 g/mol. The number of nitrogens with one attached hydrogen (secondary N) is 3. The smallest absolute Gasteiger partial charge is 0.316 e. The second kappa shape index (κ2) is 12.0. The van der Waals surface area contributed by atoms with Crippen LogP contribution in [0.3, 0.4) is 0 Å². The molecular formula is C25H31N7O4S. The Balaban J connectivity index is 1.44. The Morgan fingerprint density at radius 2 is 1.95 bits per heavy atom. The van der Waals surface area contributed by atoms with Gasteiger partial charge in [0.1, 0.15) is 4.88 Å². The Morgan fingerprint density at radius 1 is 1.16 bits per heavy atom. The normalized spacial score (nSPS) is 18.3. The lowest BCUT2D eigenvalue weighted by molar-refractivity contribution is -0.130. The number of anilines is 1. The van der Waals surface area contributed by atoms with Gasteiger partial charge in [0.2, 0.25) is 11.8 Å². The Labute approximate surface area is 219 Å². The highest BCUT2D eigenvalue weighted by atomic mass is 32.1. The van der Waals surface area contributed by atoms with Crippen molar-refractivity contribution in [1.82, 2.24) is 25.3 Å². The van der Waals surface area contributed by atoms with E-state index in [4.69, 9.17) is 5.73 Å². The molecular weight excluding hydrogens is 494 g/mol. The summed E-state index contributed by atoms with van der Waals surface area (Å²) in [5.41, 5.74) is 6.19. The van der Waals surface area contributed by atoms with Crippen molar-refractivity contribution in [1.29, 1.82) is 0 Å². The van der Waals surface area contributed by atoms with Crippen LogP contribution in [-0.2, 0) is 9.59 Å². The van der Waals surface area contributed by atoms with Crippen LogP contribution < -0.4 is 21.7 Å². The molecule has 2 aliphatic rings. The van der Waals surface area contributed by atoms with Crippen molar-refractivity contribution >= 4 is 40.8 Å². The number of amides is 5. The van der Waals surface area contributed by atoms with Crippen molar-refractivity contribution in [3.05, 3.63) is 33.8 Å². The lowest BCUT2D eigenvalue weighted by atomic mass is 10.0. The fourth-order valence-corrected chi connectivity index (χ4v) is 5.40. The lowest BCUT2D eigenvalue weighted by Crippen LogP contribution is -2.39. The predicted molar refractivity (Wildman–Crippen MR) is 139 cm³/mol. The molecule has 4 rings (SSSR count). The summed E-state index contributed by atoms with van der Waals surface area (Å²) in [4.78, 5) is 51.1. The minimum atomic E-state index is -0.817. The summed E-state index contributed by atoms with van der Waals surface area (Å²) < 4.78 is 1.88. The Morgan fingerprint density at radius 3 is 2.68 bits per heavy atom. The number of rotatable bonds is 4. The largest absolute Gasteiger partial charge is 0.351 e. The Hall–Kier alpha value is -3.69. The zero-order chi connectivity index (χ0) is 26.4. The average Bonchev–Trinajstić information content (AvgIpc) is 3.40. The standard InChI is InChI=1S/C25H31N7O4S/c1-16(33)31-10-7-19(8-11-31)32-15-17(13-28-32)5-6-20-12-21(29-25(26)36)22(37-20)24(35)30-23(34)18-4-2-3-9-27-14-18/h12-13,15,18-19,27H,2-4,7-11,14H2,1H3,(H3,26,29,36)(H,30,34,35)/t18-/m0/s1. The maximum atomic E-state index is 12.9. The van der Waals surface area contributed by atoms with Crippen molar-refractivity contribution in [3.8, 4) is 11.8 Å². The highest BCUT2D eigenvalue weighted by Gasteiger charge is 2.25. The third kappa shape index (κ3) is 6.96. The van der Waals surface area contributed by atoms with Crippen molar-refractivity contribution in [2.24, 2.45) is 11.7 Å². The van der Waals surface area contributed by atoms with Crippen LogP contribution in [0.25, 0.3) is 0 Å². The van der Waals surface area contributed by atoms with E-state index in [0.29, 0.717) is 36.5 Å². The molecule has 0 radical (unpaired) electrons. The number of nitrogens with two attached hydrogens (primary N) is 1. The number of likely N-dealkylation sites (tertiary alicyclic amines) is 1. The molecule has 196 valence electrons. The SMILES string of the molecule is CC(=O)N1CCC(n2cc(C#Cc3cc(NC(N)=O)c(C(=O)NC(=O)[C@H]4CCCCNC4)s3)cn2)CC1. The van der Waals surface area contributed by atoms with E-state index in [-0.39, 0.29) is 34.3 Å². The number of aromatic nitrogens is 2. The average molecular weight is 526 g/mol. The molecule has 0 saturated carbocycles. The maximum Gasteiger partial charge on any atom is 0.316 e. The zero-order valence-corrected chi connectivity index (χ0v) is 21.5. The van der Waals surface area contributed by atoms with Crippen LogP contribution in [0.2, 0.25) is 0 Å². The van der Waals surface area contributed by atoms with E-state index < -0.39 is 11.9 Å². The second-order valence-corrected chi connectivity index (χ2v) is 10.3. The Kier molecular flexibility index (Phi) is 8.58. The minimum absolute atomic E-state index is 0.0884. The van der Waals surface area contributed by atoms with Crippen LogP contribution in [0, 0.1) is 17.8 Å². The number of urea groups is 1. The Bertz CT molecular complexity index is 1230. The van der Waals surface area contributed by atoms with Gasteiger partial charge in [-0.1, -0.05) is 18.3 Å². The molecule has 37 heavy (non-hydrogen) atoms. The summed E-state index contributed by atoms with van der Waals surface area (Å²) in [6.07, 6.45) is 7.82. The molecule has 0 bridgehead atoms. The quantitative estimate of drug-likeness (QED) is 0.352. The number of hydrogen-bond donors (Lipinski definition) is 4. The topological polar surface area (TPSA) is 151 Å². The van der Waals surface area contributed by atoms with Crippen LogP contribution in [0.15, 0.2) is 18.5 Å². The molecule has 2 aromatic heterocycles. The van der Waals surface area contributed by atoms with Crippen molar-refractivity contribution < 1.29 is 19.2 Å². The van der Waals surface area contributed by atoms with Gasteiger partial charge in [-0.25, -0.2) is 4.79 Å². The molecule has 1 atom stereocenters. The summed E-state index contributed by atoms with van der Waals surface area (Å²) in [6.45, 7) is 4.37. The van der Waals surface area contributed by atoms with E-state index in [1.807, 2.05) is 15.8 Å². The van der Waals surface area contributed by atoms with Gasteiger partial charge in [0, 0.05) is 32.8 Å². The molecule has 0 unspecified atom stereocenters. The van der Waals surface area contributed by atoms with Crippen LogP contribution in [-0.4, -0.2) is 64.6 Å². The first kappa shape index (κ1) is 26.4. The fraction of sp³-hybridized carbons (Fsp3) is 0.480. The number of thiophene rings is 1. The number of primary amides is 1.